The zero-order chi connectivity index (χ0) is 19.9. The van der Waals surface area contributed by atoms with E-state index in [-0.39, 0.29) is 31.0 Å². The number of thioether (sulfide) groups is 1. The van der Waals surface area contributed by atoms with Crippen molar-refractivity contribution in [2.24, 2.45) is 0 Å². The van der Waals surface area contributed by atoms with Crippen molar-refractivity contribution in [3.8, 4) is 0 Å². The summed E-state index contributed by atoms with van der Waals surface area (Å²) in [5.74, 6) is -0.251. The van der Waals surface area contributed by atoms with Gasteiger partial charge in [-0.25, -0.2) is 12.8 Å². The standard InChI is InChI=1S/C16H19FN4O3S3/c1-3-11-25-16-20-19-15(26-16)18-14(22)9-6-10-21(27(2,23)24)13-8-5-4-7-12(13)17/h3-5,7-8H,1,6,9-11H2,2H3,(H,18,19,22). The van der Waals surface area contributed by atoms with Crippen LogP contribution in [0.2, 0.25) is 0 Å². The summed E-state index contributed by atoms with van der Waals surface area (Å²) in [5.41, 5.74) is -0.0339. The SMILES string of the molecule is C=CCSc1nnc(NC(=O)CCCN(c2ccccc2F)S(C)(=O)=O)s1. The van der Waals surface area contributed by atoms with Crippen molar-refractivity contribution in [1.82, 2.24) is 10.2 Å². The van der Waals surface area contributed by atoms with E-state index in [2.05, 4.69) is 22.1 Å². The molecule has 27 heavy (non-hydrogen) atoms. The molecule has 1 aromatic heterocycles. The number of nitrogens with zero attached hydrogens (tertiary/aromatic N) is 3. The largest absolute Gasteiger partial charge is 0.301 e. The van der Waals surface area contributed by atoms with Gasteiger partial charge in [-0.1, -0.05) is 41.3 Å². The summed E-state index contributed by atoms with van der Waals surface area (Å²) < 4.78 is 39.6. The van der Waals surface area contributed by atoms with E-state index in [1.165, 1.54) is 41.3 Å². The van der Waals surface area contributed by atoms with E-state index in [1.54, 1.807) is 12.1 Å². The van der Waals surface area contributed by atoms with Gasteiger partial charge in [0.05, 0.1) is 11.9 Å². The van der Waals surface area contributed by atoms with Gasteiger partial charge in [-0.2, -0.15) is 0 Å². The number of halogens is 1. The van der Waals surface area contributed by atoms with Crippen molar-refractivity contribution in [3.63, 3.8) is 0 Å². The van der Waals surface area contributed by atoms with Crippen molar-refractivity contribution in [1.29, 1.82) is 0 Å². The molecule has 7 nitrogen and oxygen atoms in total. The zero-order valence-electron chi connectivity index (χ0n) is 14.6. The van der Waals surface area contributed by atoms with Crippen molar-refractivity contribution < 1.29 is 17.6 Å². The summed E-state index contributed by atoms with van der Waals surface area (Å²) in [5, 5.41) is 10.8. The van der Waals surface area contributed by atoms with Crippen LogP contribution in [-0.2, 0) is 14.8 Å². The number of sulfonamides is 1. The van der Waals surface area contributed by atoms with E-state index in [0.717, 1.165) is 10.6 Å². The summed E-state index contributed by atoms with van der Waals surface area (Å²) in [6, 6.07) is 5.62. The second kappa shape index (κ2) is 9.81. The molecule has 1 N–H and O–H groups in total. The van der Waals surface area contributed by atoms with Crippen LogP contribution >= 0.6 is 23.1 Å². The van der Waals surface area contributed by atoms with Gasteiger partial charge in [-0.15, -0.1) is 16.8 Å². The molecule has 2 aromatic rings. The molecule has 0 atom stereocenters. The lowest BCUT2D eigenvalue weighted by molar-refractivity contribution is -0.116. The van der Waals surface area contributed by atoms with E-state index >= 15 is 0 Å². The van der Waals surface area contributed by atoms with Gasteiger partial charge in [-0.3, -0.25) is 9.10 Å². The minimum absolute atomic E-state index is 0.0102. The lowest BCUT2D eigenvalue weighted by Crippen LogP contribution is -2.32. The van der Waals surface area contributed by atoms with Crippen molar-refractivity contribution in [2.45, 2.75) is 17.2 Å². The van der Waals surface area contributed by atoms with Gasteiger partial charge in [0.25, 0.3) is 0 Å². The number of benzene rings is 1. The number of para-hydroxylation sites is 1. The van der Waals surface area contributed by atoms with Crippen molar-refractivity contribution in [2.75, 3.05) is 28.2 Å². The molecule has 0 radical (unpaired) electrons. The van der Waals surface area contributed by atoms with Gasteiger partial charge in [-0.05, 0) is 18.6 Å². The van der Waals surface area contributed by atoms with Crippen LogP contribution in [0.25, 0.3) is 0 Å². The number of anilines is 2. The average Bonchev–Trinajstić information content (AvgIpc) is 3.04. The Kier molecular flexibility index (Phi) is 7.75. The molecule has 146 valence electrons. The minimum Gasteiger partial charge on any atom is -0.301 e. The Bertz CT molecular complexity index is 902. The van der Waals surface area contributed by atoms with E-state index in [4.69, 9.17) is 0 Å². The molecule has 1 heterocycles. The van der Waals surface area contributed by atoms with Crippen molar-refractivity contribution >= 4 is 49.8 Å². The number of rotatable bonds is 10. The first-order valence-electron chi connectivity index (χ1n) is 7.90. The summed E-state index contributed by atoms with van der Waals surface area (Å²) in [4.78, 5) is 12.0. The Labute approximate surface area is 165 Å². The molecule has 0 saturated heterocycles. The van der Waals surface area contributed by atoms with Crippen LogP contribution in [0.3, 0.4) is 0 Å². The van der Waals surface area contributed by atoms with Gasteiger partial charge < -0.3 is 5.32 Å². The summed E-state index contributed by atoms with van der Waals surface area (Å²) in [7, 11) is -3.67. The third-order valence-corrected chi connectivity index (χ3v) is 6.41. The molecule has 11 heteroatoms. The quantitative estimate of drug-likeness (QED) is 0.354. The third-order valence-electron chi connectivity index (χ3n) is 3.26. The first kappa shape index (κ1) is 21.3. The highest BCUT2D eigenvalue weighted by atomic mass is 32.2. The van der Waals surface area contributed by atoms with Crippen LogP contribution in [0.1, 0.15) is 12.8 Å². The normalized spacial score (nSPS) is 11.2. The average molecular weight is 431 g/mol. The number of nitrogens with one attached hydrogen (secondary N) is 1. The molecule has 2 rings (SSSR count). The highest BCUT2D eigenvalue weighted by Gasteiger charge is 2.20. The summed E-state index contributed by atoms with van der Waals surface area (Å²) >= 11 is 2.71. The first-order chi connectivity index (χ1) is 12.8. The van der Waals surface area contributed by atoms with E-state index < -0.39 is 15.8 Å². The van der Waals surface area contributed by atoms with Crippen LogP contribution in [0.4, 0.5) is 15.2 Å². The lowest BCUT2D eigenvalue weighted by Gasteiger charge is -2.22. The molecule has 0 fully saturated rings. The molecule has 0 aliphatic rings. The summed E-state index contributed by atoms with van der Waals surface area (Å²) in [6.07, 6.45) is 3.04. The number of aromatic nitrogens is 2. The Hall–Kier alpha value is -1.98. The maximum absolute atomic E-state index is 13.9. The van der Waals surface area contributed by atoms with E-state index in [0.29, 0.717) is 15.2 Å². The van der Waals surface area contributed by atoms with Gasteiger partial charge in [0, 0.05) is 18.7 Å². The van der Waals surface area contributed by atoms with Gasteiger partial charge in [0.2, 0.25) is 21.1 Å². The van der Waals surface area contributed by atoms with Crippen LogP contribution in [0, 0.1) is 5.82 Å². The minimum atomic E-state index is -3.67. The van der Waals surface area contributed by atoms with Gasteiger partial charge in [0.15, 0.2) is 4.34 Å². The maximum Gasteiger partial charge on any atom is 0.232 e. The fourth-order valence-electron chi connectivity index (χ4n) is 2.13. The molecule has 0 spiro atoms. The van der Waals surface area contributed by atoms with E-state index in [1.807, 2.05) is 0 Å². The van der Waals surface area contributed by atoms with Gasteiger partial charge in [0.1, 0.15) is 5.82 Å². The number of amides is 1. The molecule has 1 aromatic carbocycles. The van der Waals surface area contributed by atoms with Crippen LogP contribution in [-0.4, -0.2) is 43.1 Å². The van der Waals surface area contributed by atoms with Crippen LogP contribution in [0.5, 0.6) is 0 Å². The topological polar surface area (TPSA) is 92.3 Å². The highest BCUT2D eigenvalue weighted by molar-refractivity contribution is 8.01. The van der Waals surface area contributed by atoms with Crippen LogP contribution in [0.15, 0.2) is 41.3 Å². The predicted molar refractivity (Wildman–Crippen MR) is 107 cm³/mol. The molecule has 1 amide bonds. The lowest BCUT2D eigenvalue weighted by atomic mass is 10.2. The second-order valence-corrected chi connectivity index (χ2v) is 9.56. The first-order valence-corrected chi connectivity index (χ1v) is 11.6. The fraction of sp³-hybridized carbons (Fsp3) is 0.312. The molecule has 0 unspecified atom stereocenters. The molecule has 0 saturated carbocycles. The number of carbonyl (C=O) groups excluding carboxylic acids is 1. The predicted octanol–water partition coefficient (Wildman–Crippen LogP) is 3.14. The van der Waals surface area contributed by atoms with E-state index in [9.17, 15) is 17.6 Å². The zero-order valence-corrected chi connectivity index (χ0v) is 17.0. The molecular weight excluding hydrogens is 411 g/mol. The molecule has 0 bridgehead atoms. The van der Waals surface area contributed by atoms with Crippen molar-refractivity contribution in [3.05, 3.63) is 42.7 Å². The second-order valence-electron chi connectivity index (χ2n) is 5.41. The van der Waals surface area contributed by atoms with Crippen LogP contribution < -0.4 is 9.62 Å². The Morgan fingerprint density at radius 3 is 2.81 bits per heavy atom. The monoisotopic (exact) mass is 430 g/mol. The smallest absolute Gasteiger partial charge is 0.232 e. The Morgan fingerprint density at radius 1 is 1.41 bits per heavy atom. The molecule has 0 aliphatic carbocycles. The third kappa shape index (κ3) is 6.60. The molecule has 0 aliphatic heterocycles. The highest BCUT2D eigenvalue weighted by Crippen LogP contribution is 2.25. The number of carbonyl (C=O) groups is 1. The Morgan fingerprint density at radius 2 is 2.15 bits per heavy atom. The maximum atomic E-state index is 13.9. The molecular formula is C16H19FN4O3S3. The number of hydrogen-bond donors (Lipinski definition) is 1. The fourth-order valence-corrected chi connectivity index (χ4v) is 4.63. The summed E-state index contributed by atoms with van der Waals surface area (Å²) in [6.45, 7) is 3.61. The van der Waals surface area contributed by atoms with Gasteiger partial charge >= 0.3 is 0 Å². The Balaban J connectivity index is 1.91. The number of hydrogen-bond acceptors (Lipinski definition) is 7.